The first kappa shape index (κ1) is 19.5. The van der Waals surface area contributed by atoms with Crippen molar-refractivity contribution in [1.82, 2.24) is 0 Å². The number of halogens is 2. The Bertz CT molecular complexity index is 802. The van der Waals surface area contributed by atoms with Crippen molar-refractivity contribution in [3.63, 3.8) is 0 Å². The van der Waals surface area contributed by atoms with Gasteiger partial charge in [0.1, 0.15) is 11.5 Å². The van der Waals surface area contributed by atoms with Gasteiger partial charge in [0.2, 0.25) is 0 Å². The Labute approximate surface area is 162 Å². The second kappa shape index (κ2) is 8.49. The smallest absolute Gasteiger partial charge is 0.343 e. The van der Waals surface area contributed by atoms with Crippen LogP contribution in [0.1, 0.15) is 34.6 Å². The fourth-order valence-corrected chi connectivity index (χ4v) is 2.83. The number of aromatic carboxylic acids is 1. The molecule has 2 aromatic carbocycles. The van der Waals surface area contributed by atoms with E-state index in [1.165, 1.54) is 18.2 Å². The summed E-state index contributed by atoms with van der Waals surface area (Å²) in [6.07, 6.45) is 0. The van der Waals surface area contributed by atoms with Crippen LogP contribution in [-0.2, 0) is 0 Å². The van der Waals surface area contributed by atoms with Gasteiger partial charge in [-0.1, -0.05) is 13.8 Å². The zero-order valence-corrected chi connectivity index (χ0v) is 16.8. The molecule has 2 rings (SSSR count). The maximum absolute atomic E-state index is 12.3. The van der Waals surface area contributed by atoms with E-state index >= 15 is 0 Å². The molecule has 0 saturated heterocycles. The number of carboxylic acid groups (broad SMARTS) is 1. The van der Waals surface area contributed by atoms with Crippen molar-refractivity contribution in [3.8, 4) is 11.5 Å². The van der Waals surface area contributed by atoms with E-state index in [1.54, 1.807) is 18.2 Å². The van der Waals surface area contributed by atoms with Gasteiger partial charge in [-0.15, -0.1) is 0 Å². The number of esters is 1. The maximum atomic E-state index is 12.3. The predicted molar refractivity (Wildman–Crippen MR) is 101 cm³/mol. The van der Waals surface area contributed by atoms with Crippen LogP contribution in [0.5, 0.6) is 11.5 Å². The Hall–Kier alpha value is -1.86. The summed E-state index contributed by atoms with van der Waals surface area (Å²) in [5.74, 6) is -0.328. The molecular weight excluding hydrogens is 456 g/mol. The average Bonchev–Trinajstić information content (AvgIpc) is 2.55. The summed E-state index contributed by atoms with van der Waals surface area (Å²) in [6, 6.07) is 9.12. The number of carbonyl (C=O) groups excluding carboxylic acids is 1. The molecule has 25 heavy (non-hydrogen) atoms. The van der Waals surface area contributed by atoms with Crippen LogP contribution in [0.4, 0.5) is 0 Å². The third-order valence-corrected chi connectivity index (χ3v) is 4.36. The molecule has 0 aliphatic heterocycles. The van der Waals surface area contributed by atoms with Gasteiger partial charge in [0, 0.05) is 0 Å². The molecule has 0 saturated carbocycles. The molecule has 5 nitrogen and oxygen atoms in total. The number of carbonyl (C=O) groups is 2. The van der Waals surface area contributed by atoms with E-state index in [9.17, 15) is 9.59 Å². The molecule has 0 amide bonds. The van der Waals surface area contributed by atoms with Crippen LogP contribution in [0.15, 0.2) is 45.3 Å². The Morgan fingerprint density at radius 2 is 1.56 bits per heavy atom. The van der Waals surface area contributed by atoms with Crippen molar-refractivity contribution in [2.45, 2.75) is 13.8 Å². The van der Waals surface area contributed by atoms with Crippen molar-refractivity contribution >= 4 is 43.8 Å². The minimum atomic E-state index is -1.06. The minimum Gasteiger partial charge on any atom is -0.492 e. The molecule has 7 heteroatoms. The lowest BCUT2D eigenvalue weighted by Crippen LogP contribution is -2.10. The van der Waals surface area contributed by atoms with Crippen LogP contribution < -0.4 is 9.47 Å². The molecule has 0 fully saturated rings. The second-order valence-electron chi connectivity index (χ2n) is 5.69. The molecule has 0 atom stereocenters. The predicted octanol–water partition coefficient (Wildman–Crippen LogP) is 5.16. The van der Waals surface area contributed by atoms with Crippen LogP contribution in [0.3, 0.4) is 0 Å². The maximum Gasteiger partial charge on any atom is 0.343 e. The third kappa shape index (κ3) is 5.31. The van der Waals surface area contributed by atoms with Gasteiger partial charge in [-0.3, -0.25) is 0 Å². The monoisotopic (exact) mass is 470 g/mol. The Morgan fingerprint density at radius 3 is 2.12 bits per heavy atom. The van der Waals surface area contributed by atoms with E-state index in [2.05, 4.69) is 31.9 Å². The topological polar surface area (TPSA) is 72.8 Å². The lowest BCUT2D eigenvalue weighted by Gasteiger charge is -2.12. The summed E-state index contributed by atoms with van der Waals surface area (Å²) in [6.45, 7) is 4.67. The number of hydrogen-bond donors (Lipinski definition) is 1. The first-order valence-electron chi connectivity index (χ1n) is 7.45. The van der Waals surface area contributed by atoms with E-state index in [0.717, 1.165) is 0 Å². The Balaban J connectivity index is 2.13. The van der Waals surface area contributed by atoms with E-state index in [1.807, 2.05) is 13.8 Å². The molecule has 0 bridgehead atoms. The molecule has 0 unspecified atom stereocenters. The molecule has 0 spiro atoms. The van der Waals surface area contributed by atoms with Crippen molar-refractivity contribution in [3.05, 3.63) is 56.5 Å². The first-order valence-corrected chi connectivity index (χ1v) is 9.04. The van der Waals surface area contributed by atoms with E-state index < -0.39 is 11.9 Å². The van der Waals surface area contributed by atoms with E-state index in [-0.39, 0.29) is 11.3 Å². The van der Waals surface area contributed by atoms with Crippen LogP contribution >= 0.6 is 31.9 Å². The molecule has 0 heterocycles. The number of ether oxygens (including phenoxy) is 2. The molecule has 1 N–H and O–H groups in total. The molecule has 2 aromatic rings. The SMILES string of the molecule is CC(C)COc1ccc(C(=O)Oc2ccc(C(=O)O)cc2Br)cc1Br. The highest BCUT2D eigenvalue weighted by molar-refractivity contribution is 9.10. The van der Waals surface area contributed by atoms with Crippen molar-refractivity contribution in [2.75, 3.05) is 6.61 Å². The van der Waals surface area contributed by atoms with Crippen molar-refractivity contribution in [2.24, 2.45) is 5.92 Å². The summed E-state index contributed by atoms with van der Waals surface area (Å²) in [7, 11) is 0. The molecule has 0 radical (unpaired) electrons. The normalized spacial score (nSPS) is 10.6. The van der Waals surface area contributed by atoms with Gasteiger partial charge in [0.15, 0.2) is 0 Å². The number of hydrogen-bond acceptors (Lipinski definition) is 4. The third-order valence-electron chi connectivity index (χ3n) is 3.12. The van der Waals surface area contributed by atoms with Crippen LogP contribution in [0.25, 0.3) is 0 Å². The fraction of sp³-hybridized carbons (Fsp3) is 0.222. The fourth-order valence-electron chi connectivity index (χ4n) is 1.88. The quantitative estimate of drug-likeness (QED) is 0.465. The molecular formula is C18H16Br2O5. The largest absolute Gasteiger partial charge is 0.492 e. The van der Waals surface area contributed by atoms with E-state index in [0.29, 0.717) is 32.8 Å². The van der Waals surface area contributed by atoms with Gasteiger partial charge in [0.25, 0.3) is 0 Å². The highest BCUT2D eigenvalue weighted by Crippen LogP contribution is 2.29. The zero-order valence-electron chi connectivity index (χ0n) is 13.6. The van der Waals surface area contributed by atoms with Gasteiger partial charge in [-0.2, -0.15) is 0 Å². The summed E-state index contributed by atoms with van der Waals surface area (Å²) >= 11 is 6.59. The molecule has 132 valence electrons. The van der Waals surface area contributed by atoms with Gasteiger partial charge in [0.05, 0.1) is 26.7 Å². The lowest BCUT2D eigenvalue weighted by molar-refractivity contribution is 0.0696. The summed E-state index contributed by atoms with van der Waals surface area (Å²) in [5, 5.41) is 8.95. The average molecular weight is 472 g/mol. The summed E-state index contributed by atoms with van der Waals surface area (Å²) in [5.41, 5.74) is 0.444. The highest BCUT2D eigenvalue weighted by Gasteiger charge is 2.15. The van der Waals surface area contributed by atoms with Gasteiger partial charge in [-0.25, -0.2) is 9.59 Å². The number of rotatable bonds is 6. The van der Waals surface area contributed by atoms with Gasteiger partial charge < -0.3 is 14.6 Å². The van der Waals surface area contributed by atoms with Crippen LogP contribution in [-0.4, -0.2) is 23.7 Å². The molecule has 0 aliphatic carbocycles. The molecule has 0 aromatic heterocycles. The second-order valence-corrected chi connectivity index (χ2v) is 7.40. The highest BCUT2D eigenvalue weighted by atomic mass is 79.9. The Kier molecular flexibility index (Phi) is 6.61. The van der Waals surface area contributed by atoms with E-state index in [4.69, 9.17) is 14.6 Å². The number of carboxylic acids is 1. The van der Waals surface area contributed by atoms with Crippen molar-refractivity contribution in [1.29, 1.82) is 0 Å². The number of benzene rings is 2. The molecule has 0 aliphatic rings. The van der Waals surface area contributed by atoms with Crippen LogP contribution in [0, 0.1) is 5.92 Å². The van der Waals surface area contributed by atoms with Crippen molar-refractivity contribution < 1.29 is 24.2 Å². The zero-order chi connectivity index (χ0) is 18.6. The summed E-state index contributed by atoms with van der Waals surface area (Å²) < 4.78 is 12.0. The first-order chi connectivity index (χ1) is 11.8. The van der Waals surface area contributed by atoms with Crippen LogP contribution in [0.2, 0.25) is 0 Å². The standard InChI is InChI=1S/C18H16Br2O5/c1-10(2)9-24-15-5-4-12(8-13(15)19)18(23)25-16-6-3-11(17(21)22)7-14(16)20/h3-8,10H,9H2,1-2H3,(H,21,22). The summed E-state index contributed by atoms with van der Waals surface area (Å²) in [4.78, 5) is 23.2. The minimum absolute atomic E-state index is 0.0982. The van der Waals surface area contributed by atoms with Gasteiger partial charge in [-0.05, 0) is 74.2 Å². The Morgan fingerprint density at radius 1 is 1.00 bits per heavy atom. The van der Waals surface area contributed by atoms with Gasteiger partial charge >= 0.3 is 11.9 Å². The lowest BCUT2D eigenvalue weighted by atomic mass is 10.2.